The van der Waals surface area contributed by atoms with Gasteiger partial charge in [-0.25, -0.2) is 0 Å². The van der Waals surface area contributed by atoms with Crippen LogP contribution < -0.4 is 0 Å². The summed E-state index contributed by atoms with van der Waals surface area (Å²) in [5.41, 5.74) is 0. The van der Waals surface area contributed by atoms with Crippen molar-refractivity contribution in [1.29, 1.82) is 0 Å². The van der Waals surface area contributed by atoms with Crippen LogP contribution in [0.25, 0.3) is 0 Å². The number of aliphatic hydroxyl groups excluding tert-OH is 1. The minimum absolute atomic E-state index is 0.0416. The lowest BCUT2D eigenvalue weighted by Gasteiger charge is -2.22. The van der Waals surface area contributed by atoms with Crippen LogP contribution in [0.1, 0.15) is 18.2 Å². The highest BCUT2D eigenvalue weighted by molar-refractivity contribution is 7.09. The van der Waals surface area contributed by atoms with Gasteiger partial charge in [-0.3, -0.25) is 0 Å². The molecule has 84 valence electrons. The van der Waals surface area contributed by atoms with Gasteiger partial charge in [0.1, 0.15) is 0 Å². The second kappa shape index (κ2) is 4.61. The smallest absolute Gasteiger partial charge is 0.170 e. The van der Waals surface area contributed by atoms with Crippen molar-refractivity contribution < 1.29 is 14.6 Å². The maximum Gasteiger partial charge on any atom is 0.170 e. The van der Waals surface area contributed by atoms with Crippen LogP contribution in [0, 0.1) is 0 Å². The monoisotopic (exact) mass is 228 g/mol. The molecule has 0 aromatic carbocycles. The Bertz CT molecular complexity index is 299. The highest BCUT2D eigenvalue weighted by Crippen LogP contribution is 2.29. The standard InChI is InChI=1S/C11H16O3S/c1-11(7-10-3-2-6-15-10)13-8-9(14-11)4-5-12/h2-3,6,9,12H,4-5,7-8H2,1H3. The zero-order valence-corrected chi connectivity index (χ0v) is 9.63. The minimum atomic E-state index is -0.509. The summed E-state index contributed by atoms with van der Waals surface area (Å²) in [6, 6.07) is 4.12. The normalized spacial score (nSPS) is 30.9. The number of ether oxygens (including phenoxy) is 2. The van der Waals surface area contributed by atoms with E-state index >= 15 is 0 Å². The maximum atomic E-state index is 8.82. The van der Waals surface area contributed by atoms with Crippen molar-refractivity contribution in [2.75, 3.05) is 13.2 Å². The predicted molar refractivity (Wildman–Crippen MR) is 59.0 cm³/mol. The van der Waals surface area contributed by atoms with Crippen LogP contribution in [0.3, 0.4) is 0 Å². The molecule has 0 radical (unpaired) electrons. The average Bonchev–Trinajstić information content (AvgIpc) is 2.78. The van der Waals surface area contributed by atoms with Crippen molar-refractivity contribution in [3.05, 3.63) is 22.4 Å². The van der Waals surface area contributed by atoms with Gasteiger partial charge < -0.3 is 14.6 Å². The van der Waals surface area contributed by atoms with Crippen LogP contribution in [0.4, 0.5) is 0 Å². The zero-order chi connectivity index (χ0) is 10.7. The molecule has 0 spiro atoms. The van der Waals surface area contributed by atoms with Crippen LogP contribution in [0.15, 0.2) is 17.5 Å². The molecule has 1 aromatic heterocycles. The van der Waals surface area contributed by atoms with E-state index in [0.717, 1.165) is 6.42 Å². The number of thiophene rings is 1. The molecule has 1 aliphatic heterocycles. The third-order valence-corrected chi connectivity index (χ3v) is 3.39. The number of rotatable bonds is 4. The maximum absolute atomic E-state index is 8.82. The van der Waals surface area contributed by atoms with Crippen molar-refractivity contribution in [2.45, 2.75) is 31.7 Å². The molecule has 1 fully saturated rings. The summed E-state index contributed by atoms with van der Waals surface area (Å²) in [5.74, 6) is -0.509. The number of hydrogen-bond acceptors (Lipinski definition) is 4. The topological polar surface area (TPSA) is 38.7 Å². The molecular weight excluding hydrogens is 212 g/mol. The molecule has 4 heteroatoms. The second-order valence-electron chi connectivity index (χ2n) is 3.95. The van der Waals surface area contributed by atoms with Gasteiger partial charge in [-0.05, 0) is 24.8 Å². The second-order valence-corrected chi connectivity index (χ2v) is 4.99. The Morgan fingerprint density at radius 1 is 1.67 bits per heavy atom. The van der Waals surface area contributed by atoms with Crippen molar-refractivity contribution in [3.63, 3.8) is 0 Å². The Morgan fingerprint density at radius 3 is 3.20 bits per heavy atom. The van der Waals surface area contributed by atoms with E-state index in [2.05, 4.69) is 11.4 Å². The first kappa shape index (κ1) is 11.1. The molecule has 0 bridgehead atoms. The lowest BCUT2D eigenvalue weighted by atomic mass is 10.2. The van der Waals surface area contributed by atoms with Crippen LogP contribution >= 0.6 is 11.3 Å². The SMILES string of the molecule is CC1(Cc2cccs2)OCC(CCO)O1. The fraction of sp³-hybridized carbons (Fsp3) is 0.636. The van der Waals surface area contributed by atoms with Crippen molar-refractivity contribution in [1.82, 2.24) is 0 Å². The predicted octanol–water partition coefficient (Wildman–Crippen LogP) is 1.80. The highest BCUT2D eigenvalue weighted by Gasteiger charge is 2.37. The Hall–Kier alpha value is -0.420. The molecule has 1 aromatic rings. The van der Waals surface area contributed by atoms with Gasteiger partial charge in [0.15, 0.2) is 5.79 Å². The van der Waals surface area contributed by atoms with E-state index in [1.807, 2.05) is 13.0 Å². The molecule has 2 heterocycles. The lowest BCUT2D eigenvalue weighted by molar-refractivity contribution is -0.153. The molecule has 2 rings (SSSR count). The fourth-order valence-corrected chi connectivity index (χ4v) is 2.63. The Balaban J connectivity index is 1.92. The third-order valence-electron chi connectivity index (χ3n) is 2.52. The van der Waals surface area contributed by atoms with E-state index < -0.39 is 5.79 Å². The molecule has 0 amide bonds. The van der Waals surface area contributed by atoms with Gasteiger partial charge in [-0.15, -0.1) is 11.3 Å². The van der Waals surface area contributed by atoms with Gasteiger partial charge in [0.2, 0.25) is 0 Å². The minimum Gasteiger partial charge on any atom is -0.396 e. The summed E-state index contributed by atoms with van der Waals surface area (Å²) in [7, 11) is 0. The lowest BCUT2D eigenvalue weighted by Crippen LogP contribution is -2.29. The number of aliphatic hydroxyl groups is 1. The first-order chi connectivity index (χ1) is 7.22. The average molecular weight is 228 g/mol. The fourth-order valence-electron chi connectivity index (χ4n) is 1.80. The molecule has 15 heavy (non-hydrogen) atoms. The first-order valence-corrected chi connectivity index (χ1v) is 6.05. The van der Waals surface area contributed by atoms with Crippen molar-refractivity contribution in [2.24, 2.45) is 0 Å². The van der Waals surface area contributed by atoms with E-state index in [9.17, 15) is 0 Å². The van der Waals surface area contributed by atoms with Crippen molar-refractivity contribution >= 4 is 11.3 Å². The van der Waals surface area contributed by atoms with E-state index in [4.69, 9.17) is 14.6 Å². The summed E-state index contributed by atoms with van der Waals surface area (Å²) in [5, 5.41) is 10.9. The van der Waals surface area contributed by atoms with Crippen LogP contribution in [0.5, 0.6) is 0 Å². The molecule has 1 saturated heterocycles. The van der Waals surface area contributed by atoms with E-state index in [1.165, 1.54) is 4.88 Å². The quantitative estimate of drug-likeness (QED) is 0.854. The van der Waals surface area contributed by atoms with E-state index in [0.29, 0.717) is 13.0 Å². The Morgan fingerprint density at radius 2 is 2.53 bits per heavy atom. The molecule has 0 aliphatic carbocycles. The first-order valence-electron chi connectivity index (χ1n) is 5.17. The zero-order valence-electron chi connectivity index (χ0n) is 8.81. The molecule has 1 aliphatic rings. The molecule has 1 N–H and O–H groups in total. The van der Waals surface area contributed by atoms with Gasteiger partial charge >= 0.3 is 0 Å². The van der Waals surface area contributed by atoms with E-state index in [-0.39, 0.29) is 12.7 Å². The molecule has 2 atom stereocenters. The third kappa shape index (κ3) is 2.78. The van der Waals surface area contributed by atoms with Crippen LogP contribution in [-0.4, -0.2) is 30.2 Å². The summed E-state index contributed by atoms with van der Waals surface area (Å²) in [6.07, 6.45) is 1.48. The largest absolute Gasteiger partial charge is 0.396 e. The molecule has 3 nitrogen and oxygen atoms in total. The summed E-state index contributed by atoms with van der Waals surface area (Å²) >= 11 is 1.71. The van der Waals surface area contributed by atoms with Crippen LogP contribution in [-0.2, 0) is 15.9 Å². The van der Waals surface area contributed by atoms with Gasteiger partial charge in [-0.2, -0.15) is 0 Å². The van der Waals surface area contributed by atoms with Gasteiger partial charge in [0, 0.05) is 17.9 Å². The van der Waals surface area contributed by atoms with Gasteiger partial charge in [0.25, 0.3) is 0 Å². The summed E-state index contributed by atoms with van der Waals surface area (Å²) in [6.45, 7) is 2.70. The molecule has 2 unspecified atom stereocenters. The van der Waals surface area contributed by atoms with Crippen LogP contribution in [0.2, 0.25) is 0 Å². The molecule has 0 saturated carbocycles. The van der Waals surface area contributed by atoms with Crippen molar-refractivity contribution in [3.8, 4) is 0 Å². The number of hydrogen-bond donors (Lipinski definition) is 1. The Kier molecular flexibility index (Phi) is 3.41. The van der Waals surface area contributed by atoms with E-state index in [1.54, 1.807) is 11.3 Å². The Labute approximate surface area is 93.6 Å². The van der Waals surface area contributed by atoms with Gasteiger partial charge in [-0.1, -0.05) is 6.07 Å². The summed E-state index contributed by atoms with van der Waals surface area (Å²) < 4.78 is 11.4. The summed E-state index contributed by atoms with van der Waals surface area (Å²) in [4.78, 5) is 1.27. The highest BCUT2D eigenvalue weighted by atomic mass is 32.1. The molecular formula is C11H16O3S. The van der Waals surface area contributed by atoms with Gasteiger partial charge in [0.05, 0.1) is 12.7 Å².